The lowest BCUT2D eigenvalue weighted by Gasteiger charge is -2.37. The maximum Gasteiger partial charge on any atom is 0.309 e. The van der Waals surface area contributed by atoms with Gasteiger partial charge in [0.25, 0.3) is 5.91 Å². The third-order valence-corrected chi connectivity index (χ3v) is 3.76. The van der Waals surface area contributed by atoms with Gasteiger partial charge in [0.2, 0.25) is 0 Å². The molecule has 8 nitrogen and oxygen atoms in total. The summed E-state index contributed by atoms with van der Waals surface area (Å²) >= 11 is 0. The van der Waals surface area contributed by atoms with Gasteiger partial charge in [0.1, 0.15) is 6.10 Å². The smallest absolute Gasteiger partial charge is 0.309 e. The molecule has 3 unspecified atom stereocenters. The van der Waals surface area contributed by atoms with Gasteiger partial charge in [-0.3, -0.25) is 14.4 Å². The molecule has 0 aromatic heterocycles. The van der Waals surface area contributed by atoms with Crippen molar-refractivity contribution in [2.75, 3.05) is 32.8 Å². The number of morpholine rings is 1. The van der Waals surface area contributed by atoms with E-state index in [0.717, 1.165) is 0 Å². The zero-order valence-electron chi connectivity index (χ0n) is 10.9. The number of hydrogen-bond acceptors (Lipinski definition) is 5. The molecule has 0 aromatic carbocycles. The van der Waals surface area contributed by atoms with E-state index in [-0.39, 0.29) is 25.4 Å². The van der Waals surface area contributed by atoms with E-state index in [2.05, 4.69) is 5.32 Å². The van der Waals surface area contributed by atoms with Crippen LogP contribution >= 0.6 is 0 Å². The Morgan fingerprint density at radius 1 is 1.15 bits per heavy atom. The van der Waals surface area contributed by atoms with E-state index < -0.39 is 29.9 Å². The van der Waals surface area contributed by atoms with Gasteiger partial charge in [-0.2, -0.15) is 0 Å². The number of carboxylic acids is 2. The quantitative estimate of drug-likeness (QED) is 0.584. The average molecular weight is 286 g/mol. The number of likely N-dealkylation sites (tertiary alicyclic amines) is 1. The second-order valence-electron chi connectivity index (χ2n) is 5.03. The Morgan fingerprint density at radius 2 is 1.85 bits per heavy atom. The molecule has 2 rings (SSSR count). The number of hydrogen-bond donors (Lipinski definition) is 3. The van der Waals surface area contributed by atoms with Crippen molar-refractivity contribution in [3.63, 3.8) is 0 Å². The fourth-order valence-electron chi connectivity index (χ4n) is 2.63. The Bertz CT molecular complexity index is 407. The van der Waals surface area contributed by atoms with Gasteiger partial charge in [-0.1, -0.05) is 0 Å². The maximum atomic E-state index is 12.2. The minimum atomic E-state index is -1.18. The van der Waals surface area contributed by atoms with Gasteiger partial charge >= 0.3 is 11.9 Å². The zero-order valence-corrected chi connectivity index (χ0v) is 10.9. The highest BCUT2D eigenvalue weighted by atomic mass is 16.5. The summed E-state index contributed by atoms with van der Waals surface area (Å²) in [6.45, 7) is 1.69. The highest BCUT2D eigenvalue weighted by Crippen LogP contribution is 2.25. The molecule has 0 bridgehead atoms. The van der Waals surface area contributed by atoms with Crippen LogP contribution in [0.2, 0.25) is 0 Å². The van der Waals surface area contributed by atoms with Crippen LogP contribution in [0.15, 0.2) is 0 Å². The monoisotopic (exact) mass is 286 g/mol. The number of rotatable bonds is 3. The zero-order chi connectivity index (χ0) is 14.7. The summed E-state index contributed by atoms with van der Waals surface area (Å²) < 4.78 is 5.35. The first-order chi connectivity index (χ1) is 9.50. The predicted molar refractivity (Wildman–Crippen MR) is 66.1 cm³/mol. The summed E-state index contributed by atoms with van der Waals surface area (Å²) in [5, 5.41) is 21.2. The van der Waals surface area contributed by atoms with Gasteiger partial charge in [-0.25, -0.2) is 0 Å². The first kappa shape index (κ1) is 14.7. The van der Waals surface area contributed by atoms with Gasteiger partial charge < -0.3 is 25.2 Å². The van der Waals surface area contributed by atoms with Crippen LogP contribution < -0.4 is 5.32 Å². The number of piperidine rings is 1. The first-order valence-corrected chi connectivity index (χ1v) is 6.57. The predicted octanol–water partition coefficient (Wildman–Crippen LogP) is -1.39. The molecule has 3 atom stereocenters. The molecule has 2 fully saturated rings. The van der Waals surface area contributed by atoms with Crippen LogP contribution in [0.5, 0.6) is 0 Å². The topological polar surface area (TPSA) is 116 Å². The first-order valence-electron chi connectivity index (χ1n) is 6.57. The lowest BCUT2D eigenvalue weighted by atomic mass is 9.85. The van der Waals surface area contributed by atoms with E-state index in [1.165, 1.54) is 4.90 Å². The number of nitrogens with one attached hydrogen (secondary N) is 1. The summed E-state index contributed by atoms with van der Waals surface area (Å²) in [7, 11) is 0. The van der Waals surface area contributed by atoms with Gasteiger partial charge in [0.05, 0.1) is 18.4 Å². The Labute approximate surface area is 115 Å². The molecule has 0 spiro atoms. The fraction of sp³-hybridized carbons (Fsp3) is 0.750. The molecule has 0 radical (unpaired) electrons. The Kier molecular flexibility index (Phi) is 4.56. The molecule has 8 heteroatoms. The molecule has 20 heavy (non-hydrogen) atoms. The van der Waals surface area contributed by atoms with E-state index in [1.807, 2.05) is 0 Å². The van der Waals surface area contributed by atoms with Crippen molar-refractivity contribution in [1.29, 1.82) is 0 Å². The maximum absolute atomic E-state index is 12.2. The van der Waals surface area contributed by atoms with Crippen LogP contribution in [0.1, 0.15) is 6.42 Å². The van der Waals surface area contributed by atoms with E-state index in [4.69, 9.17) is 14.9 Å². The van der Waals surface area contributed by atoms with Gasteiger partial charge in [-0.15, -0.1) is 0 Å². The Morgan fingerprint density at radius 3 is 2.40 bits per heavy atom. The van der Waals surface area contributed by atoms with Gasteiger partial charge in [0, 0.05) is 26.2 Å². The summed E-state index contributed by atoms with van der Waals surface area (Å²) in [4.78, 5) is 35.8. The molecule has 3 N–H and O–H groups in total. The lowest BCUT2D eigenvalue weighted by Crippen LogP contribution is -2.54. The van der Waals surface area contributed by atoms with Crippen LogP contribution in [-0.4, -0.2) is 71.8 Å². The van der Waals surface area contributed by atoms with E-state index >= 15 is 0 Å². The summed E-state index contributed by atoms with van der Waals surface area (Å²) in [6, 6.07) is 0. The molecule has 0 saturated carbocycles. The SMILES string of the molecule is O=C(O)C1CCN(C(=O)C2CNCCO2)CC1C(=O)O. The minimum Gasteiger partial charge on any atom is -0.481 e. The fourth-order valence-corrected chi connectivity index (χ4v) is 2.63. The number of aliphatic carboxylic acids is 2. The summed E-state index contributed by atoms with van der Waals surface area (Å²) in [6.07, 6.45) is -0.461. The lowest BCUT2D eigenvalue weighted by molar-refractivity contribution is -0.161. The summed E-state index contributed by atoms with van der Waals surface area (Å²) in [5.41, 5.74) is 0. The second-order valence-corrected chi connectivity index (χ2v) is 5.03. The molecule has 2 saturated heterocycles. The average Bonchev–Trinajstić information content (AvgIpc) is 2.46. The molecule has 2 aliphatic heterocycles. The van der Waals surface area contributed by atoms with Crippen molar-refractivity contribution in [2.45, 2.75) is 12.5 Å². The van der Waals surface area contributed by atoms with Crippen LogP contribution in [0.25, 0.3) is 0 Å². The van der Waals surface area contributed by atoms with Crippen LogP contribution in [0.3, 0.4) is 0 Å². The molecule has 2 heterocycles. The second kappa shape index (κ2) is 6.19. The Balaban J connectivity index is 2.02. The normalized spacial score (nSPS) is 30.8. The molecule has 0 aromatic rings. The van der Waals surface area contributed by atoms with Crippen LogP contribution in [-0.2, 0) is 19.1 Å². The molecule has 1 amide bonds. The number of carbonyl (C=O) groups is 3. The molecule has 0 aliphatic carbocycles. The van der Waals surface area contributed by atoms with Gasteiger partial charge in [0.15, 0.2) is 0 Å². The summed E-state index contributed by atoms with van der Waals surface area (Å²) in [5.74, 6) is -4.59. The molecule has 2 aliphatic rings. The van der Waals surface area contributed by atoms with E-state index in [0.29, 0.717) is 19.7 Å². The van der Waals surface area contributed by atoms with Crippen molar-refractivity contribution in [3.05, 3.63) is 0 Å². The number of nitrogens with zero attached hydrogens (tertiary/aromatic N) is 1. The number of amides is 1. The number of carboxylic acid groups (broad SMARTS) is 2. The standard InChI is InChI=1S/C12H18N2O6/c15-10(9-5-13-2-4-20-9)14-3-1-7(11(16)17)8(6-14)12(18)19/h7-9,13H,1-6H2,(H,16,17)(H,18,19). The number of ether oxygens (including phenoxy) is 1. The highest BCUT2D eigenvalue weighted by molar-refractivity contribution is 5.84. The highest BCUT2D eigenvalue weighted by Gasteiger charge is 2.41. The van der Waals surface area contributed by atoms with Crippen molar-refractivity contribution < 1.29 is 29.3 Å². The third kappa shape index (κ3) is 3.07. The molecular formula is C12H18N2O6. The van der Waals surface area contributed by atoms with Gasteiger partial charge in [-0.05, 0) is 6.42 Å². The van der Waals surface area contributed by atoms with Crippen molar-refractivity contribution >= 4 is 17.8 Å². The molecular weight excluding hydrogens is 268 g/mol. The van der Waals surface area contributed by atoms with Crippen molar-refractivity contribution in [1.82, 2.24) is 10.2 Å². The van der Waals surface area contributed by atoms with Crippen molar-refractivity contribution in [3.8, 4) is 0 Å². The van der Waals surface area contributed by atoms with E-state index in [1.54, 1.807) is 0 Å². The largest absolute Gasteiger partial charge is 0.481 e. The Hall–Kier alpha value is -1.67. The third-order valence-electron chi connectivity index (χ3n) is 3.76. The molecule has 112 valence electrons. The van der Waals surface area contributed by atoms with E-state index in [9.17, 15) is 14.4 Å². The number of carbonyl (C=O) groups excluding carboxylic acids is 1. The van der Waals surface area contributed by atoms with Crippen LogP contribution in [0, 0.1) is 11.8 Å². The van der Waals surface area contributed by atoms with Crippen LogP contribution in [0.4, 0.5) is 0 Å². The van der Waals surface area contributed by atoms with Crippen molar-refractivity contribution in [2.24, 2.45) is 11.8 Å². The minimum absolute atomic E-state index is 0.0784.